The van der Waals surface area contributed by atoms with E-state index in [1.165, 1.54) is 17.4 Å². The molecule has 0 aliphatic carbocycles. The minimum absolute atomic E-state index is 0.0493. The summed E-state index contributed by atoms with van der Waals surface area (Å²) < 4.78 is 28.4. The highest BCUT2D eigenvalue weighted by molar-refractivity contribution is 7.93. The molecule has 0 saturated carbocycles. The van der Waals surface area contributed by atoms with Crippen LogP contribution in [0, 0.1) is 12.3 Å². The van der Waals surface area contributed by atoms with Crippen LogP contribution in [0.25, 0.3) is 0 Å². The average Bonchev–Trinajstić information content (AvgIpc) is 3.18. The molecule has 8 heteroatoms. The van der Waals surface area contributed by atoms with Crippen LogP contribution in [0.1, 0.15) is 42.4 Å². The number of nitrogens with zero attached hydrogens (tertiary/aromatic N) is 2. The predicted molar refractivity (Wildman–Crippen MR) is 123 cm³/mol. The van der Waals surface area contributed by atoms with Gasteiger partial charge in [-0.15, -0.1) is 11.3 Å². The molecule has 1 aromatic heterocycles. The first kappa shape index (κ1) is 22.8. The van der Waals surface area contributed by atoms with Crippen molar-refractivity contribution in [3.63, 3.8) is 0 Å². The average molecular weight is 450 g/mol. The molecule has 2 aromatic rings. The summed E-state index contributed by atoms with van der Waals surface area (Å²) in [4.78, 5) is 17.5. The molecule has 6 nitrogen and oxygen atoms in total. The minimum atomic E-state index is -3.83. The van der Waals surface area contributed by atoms with Crippen LogP contribution in [0.4, 0.5) is 5.69 Å². The minimum Gasteiger partial charge on any atom is -0.335 e. The zero-order chi connectivity index (χ0) is 21.9. The fraction of sp³-hybridized carbons (Fsp3) is 0.500. The molecule has 1 N–H and O–H groups in total. The third-order valence-corrected chi connectivity index (χ3v) is 7.71. The lowest BCUT2D eigenvalue weighted by molar-refractivity contribution is 0.0625. The highest BCUT2D eigenvalue weighted by Crippen LogP contribution is 2.27. The van der Waals surface area contributed by atoms with E-state index in [0.29, 0.717) is 18.8 Å². The number of thiophene rings is 1. The number of anilines is 1. The van der Waals surface area contributed by atoms with Gasteiger partial charge in [-0.1, -0.05) is 38.5 Å². The Kier molecular flexibility index (Phi) is 6.89. The Morgan fingerprint density at radius 2 is 1.70 bits per heavy atom. The van der Waals surface area contributed by atoms with Gasteiger partial charge in [0.25, 0.3) is 15.9 Å². The SMILES string of the molecule is Cc1ccc(NS(=O)(=O)c2ccsc2C(=O)N2CCN(CCC(C)(C)C)CC2)cc1. The maximum Gasteiger partial charge on any atom is 0.265 e. The second-order valence-corrected chi connectivity index (χ2v) is 11.6. The largest absolute Gasteiger partial charge is 0.335 e. The molecule has 0 spiro atoms. The molecule has 3 rings (SSSR count). The van der Waals surface area contributed by atoms with Crippen LogP contribution in [0.5, 0.6) is 0 Å². The van der Waals surface area contributed by atoms with Crippen molar-refractivity contribution < 1.29 is 13.2 Å². The van der Waals surface area contributed by atoms with Gasteiger partial charge >= 0.3 is 0 Å². The van der Waals surface area contributed by atoms with Gasteiger partial charge in [-0.25, -0.2) is 8.42 Å². The van der Waals surface area contributed by atoms with Crippen LogP contribution in [0.3, 0.4) is 0 Å². The van der Waals surface area contributed by atoms with Crippen molar-refractivity contribution in [1.82, 2.24) is 9.80 Å². The third kappa shape index (κ3) is 5.83. The summed E-state index contributed by atoms with van der Waals surface area (Å²) >= 11 is 1.18. The topological polar surface area (TPSA) is 69.7 Å². The van der Waals surface area contributed by atoms with Crippen molar-refractivity contribution in [3.05, 3.63) is 46.2 Å². The molecule has 0 radical (unpaired) electrons. The lowest BCUT2D eigenvalue weighted by Gasteiger charge is -2.35. The first-order valence-corrected chi connectivity index (χ1v) is 12.6. The van der Waals surface area contributed by atoms with Gasteiger partial charge in [0.05, 0.1) is 0 Å². The van der Waals surface area contributed by atoms with Crippen molar-refractivity contribution >= 4 is 33.0 Å². The quantitative estimate of drug-likeness (QED) is 0.722. The fourth-order valence-electron chi connectivity index (χ4n) is 3.31. The summed E-state index contributed by atoms with van der Waals surface area (Å²) in [6.07, 6.45) is 1.11. The molecule has 1 fully saturated rings. The number of hydrogen-bond donors (Lipinski definition) is 1. The highest BCUT2D eigenvalue weighted by atomic mass is 32.2. The Morgan fingerprint density at radius 3 is 2.30 bits per heavy atom. The number of carbonyl (C=O) groups excluding carboxylic acids is 1. The standard InChI is InChI=1S/C22H31N3O3S2/c1-17-5-7-18(8-6-17)23-30(27,28)19-9-16-29-20(19)21(26)25-14-12-24(13-15-25)11-10-22(2,3)4/h5-9,16,23H,10-15H2,1-4H3. The van der Waals surface area contributed by atoms with E-state index >= 15 is 0 Å². The van der Waals surface area contributed by atoms with Gasteiger partial charge in [0.2, 0.25) is 0 Å². The number of amides is 1. The smallest absolute Gasteiger partial charge is 0.265 e. The summed E-state index contributed by atoms with van der Waals surface area (Å²) in [7, 11) is -3.83. The van der Waals surface area contributed by atoms with Crippen LogP contribution in [0.2, 0.25) is 0 Å². The normalized spacial score (nSPS) is 15.9. The molecule has 1 aliphatic heterocycles. The molecular formula is C22H31N3O3S2. The van der Waals surface area contributed by atoms with Crippen molar-refractivity contribution in [3.8, 4) is 0 Å². The third-order valence-electron chi connectivity index (χ3n) is 5.25. The van der Waals surface area contributed by atoms with Crippen molar-refractivity contribution in [1.29, 1.82) is 0 Å². The van der Waals surface area contributed by atoms with Crippen LogP contribution >= 0.6 is 11.3 Å². The molecule has 0 unspecified atom stereocenters. The van der Waals surface area contributed by atoms with E-state index in [1.807, 2.05) is 19.1 Å². The molecule has 30 heavy (non-hydrogen) atoms. The van der Waals surface area contributed by atoms with Crippen LogP contribution in [-0.4, -0.2) is 56.8 Å². The van der Waals surface area contributed by atoms with Crippen molar-refractivity contribution in [2.75, 3.05) is 37.4 Å². The fourth-order valence-corrected chi connectivity index (χ4v) is 5.76. The molecule has 1 saturated heterocycles. The van der Waals surface area contributed by atoms with Gasteiger partial charge in [-0.3, -0.25) is 14.4 Å². The Balaban J connectivity index is 1.66. The lowest BCUT2D eigenvalue weighted by atomic mass is 9.92. The van der Waals surface area contributed by atoms with E-state index in [-0.39, 0.29) is 21.1 Å². The Hall–Kier alpha value is -1.90. The molecule has 1 amide bonds. The summed E-state index contributed by atoms with van der Waals surface area (Å²) in [5.74, 6) is -0.204. The Morgan fingerprint density at radius 1 is 1.07 bits per heavy atom. The first-order valence-electron chi connectivity index (χ1n) is 10.2. The summed E-state index contributed by atoms with van der Waals surface area (Å²) in [5, 5.41) is 1.66. The highest BCUT2D eigenvalue weighted by Gasteiger charge is 2.29. The van der Waals surface area contributed by atoms with Gasteiger partial charge in [0.1, 0.15) is 9.77 Å². The zero-order valence-electron chi connectivity index (χ0n) is 18.1. The molecular weight excluding hydrogens is 418 g/mol. The molecule has 1 aliphatic rings. The van der Waals surface area contributed by atoms with Crippen molar-refractivity contribution in [2.45, 2.75) is 39.0 Å². The Labute approximate surface area is 183 Å². The van der Waals surface area contributed by atoms with E-state index in [9.17, 15) is 13.2 Å². The molecule has 0 bridgehead atoms. The number of rotatable bonds is 6. The van der Waals surface area contributed by atoms with E-state index < -0.39 is 10.0 Å². The maximum atomic E-state index is 13.1. The van der Waals surface area contributed by atoms with Gasteiger partial charge < -0.3 is 4.90 Å². The second kappa shape index (κ2) is 9.08. The van der Waals surface area contributed by atoms with Gasteiger partial charge in [0.15, 0.2) is 0 Å². The van der Waals surface area contributed by atoms with E-state index in [2.05, 4.69) is 30.4 Å². The molecule has 164 valence electrons. The van der Waals surface area contributed by atoms with Gasteiger partial charge in [-0.2, -0.15) is 0 Å². The number of aryl methyl sites for hydroxylation is 1. The first-order chi connectivity index (χ1) is 14.0. The summed E-state index contributed by atoms with van der Waals surface area (Å²) in [6, 6.07) is 8.64. The Bertz CT molecular complexity index is 968. The van der Waals surface area contributed by atoms with Crippen LogP contribution < -0.4 is 4.72 Å². The van der Waals surface area contributed by atoms with Gasteiger partial charge in [0, 0.05) is 31.9 Å². The number of hydrogen-bond acceptors (Lipinski definition) is 5. The van der Waals surface area contributed by atoms with Gasteiger partial charge in [-0.05, 0) is 48.9 Å². The van der Waals surface area contributed by atoms with E-state index in [0.717, 1.165) is 31.6 Å². The molecule has 0 atom stereocenters. The second-order valence-electron chi connectivity index (χ2n) is 9.03. The predicted octanol–water partition coefficient (Wildman–Crippen LogP) is 4.05. The maximum absolute atomic E-state index is 13.1. The molecule has 2 heterocycles. The number of piperazine rings is 1. The molecule has 1 aromatic carbocycles. The number of benzene rings is 1. The zero-order valence-corrected chi connectivity index (χ0v) is 19.8. The van der Waals surface area contributed by atoms with E-state index in [1.54, 1.807) is 22.4 Å². The van der Waals surface area contributed by atoms with Crippen molar-refractivity contribution in [2.24, 2.45) is 5.41 Å². The number of nitrogens with one attached hydrogen (secondary N) is 1. The van der Waals surface area contributed by atoms with Crippen LogP contribution in [-0.2, 0) is 10.0 Å². The number of carbonyl (C=O) groups is 1. The summed E-state index contributed by atoms with van der Waals surface area (Å²) in [6.45, 7) is 12.5. The number of sulfonamides is 1. The monoisotopic (exact) mass is 449 g/mol. The van der Waals surface area contributed by atoms with E-state index in [4.69, 9.17) is 0 Å². The summed E-state index contributed by atoms with van der Waals surface area (Å²) in [5.41, 5.74) is 1.82. The van der Waals surface area contributed by atoms with Crippen LogP contribution in [0.15, 0.2) is 40.6 Å². The lowest BCUT2D eigenvalue weighted by Crippen LogP contribution is -2.49.